The first kappa shape index (κ1) is 21.0. The van der Waals surface area contributed by atoms with Gasteiger partial charge in [0.15, 0.2) is 0 Å². The summed E-state index contributed by atoms with van der Waals surface area (Å²) in [6.07, 6.45) is 0.469. The van der Waals surface area contributed by atoms with E-state index in [2.05, 4.69) is 20.1 Å². The van der Waals surface area contributed by atoms with E-state index in [1.807, 2.05) is 53.8 Å². The van der Waals surface area contributed by atoms with E-state index in [0.717, 1.165) is 35.8 Å². The maximum Gasteiger partial charge on any atom is 0.241 e. The molecule has 1 aromatic carbocycles. The van der Waals surface area contributed by atoms with Crippen molar-refractivity contribution < 1.29 is 14.1 Å². The van der Waals surface area contributed by atoms with E-state index in [4.69, 9.17) is 9.26 Å². The summed E-state index contributed by atoms with van der Waals surface area (Å²) >= 11 is 0. The van der Waals surface area contributed by atoms with Crippen LogP contribution in [0.3, 0.4) is 0 Å². The monoisotopic (exact) mass is 424 g/mol. The predicted molar refractivity (Wildman–Crippen MR) is 114 cm³/mol. The van der Waals surface area contributed by atoms with E-state index < -0.39 is 0 Å². The van der Waals surface area contributed by atoms with E-state index in [1.54, 1.807) is 7.11 Å². The van der Waals surface area contributed by atoms with Crippen LogP contribution in [0.4, 0.5) is 0 Å². The minimum Gasteiger partial charge on any atom is -0.497 e. The van der Waals surface area contributed by atoms with Gasteiger partial charge in [0.1, 0.15) is 5.75 Å². The minimum absolute atomic E-state index is 0.173. The highest BCUT2D eigenvalue weighted by molar-refractivity contribution is 5.76. The maximum absolute atomic E-state index is 12.6. The quantitative estimate of drug-likeness (QED) is 0.575. The standard InChI is InChI=1S/C22H28N6O3/c1-16-14-17(2)28(24-16)9-8-21(29)27-12-10-26(11-13-27)15-20-23-22(25-31-20)18-4-6-19(30-3)7-5-18/h4-7,14H,8-13,15H2,1-3H3. The molecule has 3 heterocycles. The highest BCUT2D eigenvalue weighted by atomic mass is 16.5. The lowest BCUT2D eigenvalue weighted by Crippen LogP contribution is -2.48. The van der Waals surface area contributed by atoms with Gasteiger partial charge in [-0.2, -0.15) is 10.1 Å². The minimum atomic E-state index is 0.173. The van der Waals surface area contributed by atoms with Gasteiger partial charge in [-0.1, -0.05) is 5.16 Å². The van der Waals surface area contributed by atoms with Crippen LogP contribution in [0, 0.1) is 13.8 Å². The molecule has 0 spiro atoms. The van der Waals surface area contributed by atoms with Crippen LogP contribution in [0.2, 0.25) is 0 Å². The molecule has 0 N–H and O–H groups in total. The average molecular weight is 425 g/mol. The van der Waals surface area contributed by atoms with Crippen LogP contribution in [0.1, 0.15) is 23.7 Å². The molecule has 0 atom stereocenters. The SMILES string of the molecule is COc1ccc(-c2noc(CN3CCN(C(=O)CCn4nc(C)cc4C)CC3)n2)cc1. The van der Waals surface area contributed by atoms with E-state index in [9.17, 15) is 4.79 Å². The van der Waals surface area contributed by atoms with Crippen molar-refractivity contribution in [2.24, 2.45) is 0 Å². The lowest BCUT2D eigenvalue weighted by atomic mass is 10.2. The summed E-state index contributed by atoms with van der Waals surface area (Å²) < 4.78 is 12.5. The van der Waals surface area contributed by atoms with Crippen molar-refractivity contribution in [2.75, 3.05) is 33.3 Å². The van der Waals surface area contributed by atoms with Gasteiger partial charge in [-0.3, -0.25) is 14.4 Å². The zero-order chi connectivity index (χ0) is 21.8. The smallest absolute Gasteiger partial charge is 0.241 e. The number of hydrogen-bond acceptors (Lipinski definition) is 7. The molecule has 1 aliphatic rings. The van der Waals surface area contributed by atoms with Crippen molar-refractivity contribution in [3.63, 3.8) is 0 Å². The van der Waals surface area contributed by atoms with Gasteiger partial charge < -0.3 is 14.2 Å². The number of aryl methyl sites for hydroxylation is 3. The van der Waals surface area contributed by atoms with E-state index in [1.165, 1.54) is 0 Å². The predicted octanol–water partition coefficient (Wildman–Crippen LogP) is 2.29. The maximum atomic E-state index is 12.6. The number of ether oxygens (including phenoxy) is 1. The second-order valence-electron chi connectivity index (χ2n) is 7.80. The zero-order valence-corrected chi connectivity index (χ0v) is 18.2. The van der Waals surface area contributed by atoms with Crippen LogP contribution in [-0.2, 0) is 17.9 Å². The first-order valence-electron chi connectivity index (χ1n) is 10.5. The third-order valence-corrected chi connectivity index (χ3v) is 5.54. The summed E-state index contributed by atoms with van der Waals surface area (Å²) in [5, 5.41) is 8.51. The fourth-order valence-corrected chi connectivity index (χ4v) is 3.78. The fourth-order valence-electron chi connectivity index (χ4n) is 3.78. The molecule has 1 fully saturated rings. The van der Waals surface area contributed by atoms with E-state index >= 15 is 0 Å². The van der Waals surface area contributed by atoms with Gasteiger partial charge in [0.25, 0.3) is 0 Å². The Balaban J connectivity index is 1.25. The fraction of sp³-hybridized carbons (Fsp3) is 0.455. The molecule has 4 rings (SSSR count). The lowest BCUT2D eigenvalue weighted by Gasteiger charge is -2.34. The van der Waals surface area contributed by atoms with Gasteiger partial charge >= 0.3 is 0 Å². The first-order valence-corrected chi connectivity index (χ1v) is 10.5. The normalized spacial score (nSPS) is 14.7. The Kier molecular flexibility index (Phi) is 6.31. The van der Waals surface area contributed by atoms with E-state index in [-0.39, 0.29) is 5.91 Å². The van der Waals surface area contributed by atoms with Crippen molar-refractivity contribution in [2.45, 2.75) is 33.4 Å². The summed E-state index contributed by atoms with van der Waals surface area (Å²) in [6, 6.07) is 9.58. The van der Waals surface area contributed by atoms with Crippen molar-refractivity contribution >= 4 is 5.91 Å². The second kappa shape index (κ2) is 9.30. The summed E-state index contributed by atoms with van der Waals surface area (Å²) in [4.78, 5) is 21.2. The molecular weight excluding hydrogens is 396 g/mol. The third-order valence-electron chi connectivity index (χ3n) is 5.54. The van der Waals surface area contributed by atoms with Crippen molar-refractivity contribution in [1.82, 2.24) is 29.7 Å². The highest BCUT2D eigenvalue weighted by Crippen LogP contribution is 2.20. The van der Waals surface area contributed by atoms with Crippen LogP contribution in [0.25, 0.3) is 11.4 Å². The molecule has 2 aromatic heterocycles. The molecule has 0 saturated carbocycles. The average Bonchev–Trinajstić information content (AvgIpc) is 3.38. The zero-order valence-electron chi connectivity index (χ0n) is 18.2. The van der Waals surface area contributed by atoms with Crippen molar-refractivity contribution in [3.05, 3.63) is 47.6 Å². The van der Waals surface area contributed by atoms with Gasteiger partial charge in [-0.25, -0.2) is 0 Å². The Morgan fingerprint density at radius 1 is 1.13 bits per heavy atom. The third kappa shape index (κ3) is 5.11. The highest BCUT2D eigenvalue weighted by Gasteiger charge is 2.22. The molecule has 9 nitrogen and oxygen atoms in total. The molecule has 0 radical (unpaired) electrons. The van der Waals surface area contributed by atoms with Gasteiger partial charge in [-0.05, 0) is 44.2 Å². The van der Waals surface area contributed by atoms with Gasteiger partial charge in [0.05, 0.1) is 19.3 Å². The number of carbonyl (C=O) groups is 1. The summed E-state index contributed by atoms with van der Waals surface area (Å²) in [6.45, 7) is 8.16. The van der Waals surface area contributed by atoms with Crippen LogP contribution in [0.15, 0.2) is 34.9 Å². The van der Waals surface area contributed by atoms with Gasteiger partial charge in [0, 0.05) is 50.4 Å². The molecule has 3 aromatic rings. The summed E-state index contributed by atoms with van der Waals surface area (Å²) in [5.74, 6) is 2.10. The lowest BCUT2D eigenvalue weighted by molar-refractivity contribution is -0.133. The largest absolute Gasteiger partial charge is 0.497 e. The Hall–Kier alpha value is -3.20. The van der Waals surface area contributed by atoms with Crippen LogP contribution in [0.5, 0.6) is 5.75 Å². The molecule has 0 unspecified atom stereocenters. The number of benzene rings is 1. The molecule has 1 aliphatic heterocycles. The Labute approximate surface area is 181 Å². The topological polar surface area (TPSA) is 89.5 Å². The molecule has 9 heteroatoms. The first-order chi connectivity index (χ1) is 15.0. The molecule has 0 bridgehead atoms. The van der Waals surface area contributed by atoms with E-state index in [0.29, 0.717) is 44.3 Å². The molecule has 0 aliphatic carbocycles. The molecule has 164 valence electrons. The number of rotatable bonds is 7. The second-order valence-corrected chi connectivity index (χ2v) is 7.80. The Bertz CT molecular complexity index is 1020. The van der Waals surface area contributed by atoms with Crippen molar-refractivity contribution in [1.29, 1.82) is 0 Å². The number of carbonyl (C=O) groups excluding carboxylic acids is 1. The van der Waals surface area contributed by atoms with Crippen LogP contribution in [-0.4, -0.2) is 68.9 Å². The molecular formula is C22H28N6O3. The van der Waals surface area contributed by atoms with Gasteiger partial charge in [0.2, 0.25) is 17.6 Å². The van der Waals surface area contributed by atoms with Crippen LogP contribution >= 0.6 is 0 Å². The number of piperazine rings is 1. The van der Waals surface area contributed by atoms with Crippen LogP contribution < -0.4 is 4.74 Å². The Morgan fingerprint density at radius 2 is 1.87 bits per heavy atom. The number of amides is 1. The molecule has 1 saturated heterocycles. The molecule has 1 amide bonds. The number of nitrogens with zero attached hydrogens (tertiary/aromatic N) is 6. The van der Waals surface area contributed by atoms with Gasteiger partial charge in [-0.15, -0.1) is 0 Å². The summed E-state index contributed by atoms with van der Waals surface area (Å²) in [5.41, 5.74) is 2.95. The van der Waals surface area contributed by atoms with Crippen molar-refractivity contribution in [3.8, 4) is 17.1 Å². The number of aromatic nitrogens is 4. The molecule has 31 heavy (non-hydrogen) atoms. The Morgan fingerprint density at radius 3 is 2.52 bits per heavy atom. The number of methoxy groups -OCH3 is 1. The number of hydrogen-bond donors (Lipinski definition) is 0. The summed E-state index contributed by atoms with van der Waals surface area (Å²) in [7, 11) is 1.63.